The summed E-state index contributed by atoms with van der Waals surface area (Å²) < 4.78 is 5.72. The highest BCUT2D eigenvalue weighted by atomic mass is 35.5. The van der Waals surface area contributed by atoms with Gasteiger partial charge in [0.25, 0.3) is 5.91 Å². The fourth-order valence-corrected chi connectivity index (χ4v) is 2.34. The SMILES string of the molecule is CC(C)c1ccc(OC[C@H](C)NC(=O)c2cccc(Cl)c2)cc1. The molecule has 0 aliphatic rings. The van der Waals surface area contributed by atoms with Crippen LogP contribution in [-0.2, 0) is 0 Å². The third kappa shape index (κ3) is 5.29. The molecule has 122 valence electrons. The molecule has 2 aromatic rings. The zero-order chi connectivity index (χ0) is 16.8. The van der Waals surface area contributed by atoms with E-state index in [1.165, 1.54) is 5.56 Å². The maximum Gasteiger partial charge on any atom is 0.251 e. The van der Waals surface area contributed by atoms with E-state index in [2.05, 4.69) is 31.3 Å². The van der Waals surface area contributed by atoms with Gasteiger partial charge in [0.1, 0.15) is 12.4 Å². The number of carbonyl (C=O) groups is 1. The lowest BCUT2D eigenvalue weighted by Gasteiger charge is -2.15. The topological polar surface area (TPSA) is 38.3 Å². The molecule has 0 aromatic heterocycles. The second-order valence-electron chi connectivity index (χ2n) is 5.92. The van der Waals surface area contributed by atoms with Crippen molar-refractivity contribution < 1.29 is 9.53 Å². The molecule has 0 saturated heterocycles. The summed E-state index contributed by atoms with van der Waals surface area (Å²) in [6, 6.07) is 14.8. The summed E-state index contributed by atoms with van der Waals surface area (Å²) in [5, 5.41) is 3.45. The molecule has 0 radical (unpaired) electrons. The monoisotopic (exact) mass is 331 g/mol. The van der Waals surface area contributed by atoms with Crippen molar-refractivity contribution in [1.29, 1.82) is 0 Å². The molecule has 0 fully saturated rings. The first kappa shape index (κ1) is 17.4. The molecule has 0 heterocycles. The van der Waals surface area contributed by atoms with Gasteiger partial charge in [0, 0.05) is 10.6 Å². The number of nitrogens with one attached hydrogen (secondary N) is 1. The van der Waals surface area contributed by atoms with Gasteiger partial charge < -0.3 is 10.1 Å². The minimum atomic E-state index is -0.154. The lowest BCUT2D eigenvalue weighted by Crippen LogP contribution is -2.36. The summed E-state index contributed by atoms with van der Waals surface area (Å²) in [6.45, 7) is 6.63. The molecule has 0 aliphatic heterocycles. The van der Waals surface area contributed by atoms with Crippen LogP contribution in [-0.4, -0.2) is 18.6 Å². The minimum absolute atomic E-state index is 0.105. The number of hydrogen-bond acceptors (Lipinski definition) is 2. The van der Waals surface area contributed by atoms with Crippen LogP contribution >= 0.6 is 11.6 Å². The number of ether oxygens (including phenoxy) is 1. The fourth-order valence-electron chi connectivity index (χ4n) is 2.15. The van der Waals surface area contributed by atoms with E-state index in [0.717, 1.165) is 5.75 Å². The maximum atomic E-state index is 12.1. The van der Waals surface area contributed by atoms with Crippen LogP contribution in [0.2, 0.25) is 5.02 Å². The first-order valence-electron chi connectivity index (χ1n) is 7.75. The van der Waals surface area contributed by atoms with Gasteiger partial charge in [-0.2, -0.15) is 0 Å². The molecule has 0 bridgehead atoms. The molecule has 3 nitrogen and oxygen atoms in total. The van der Waals surface area contributed by atoms with Gasteiger partial charge in [-0.15, -0.1) is 0 Å². The highest BCUT2D eigenvalue weighted by Gasteiger charge is 2.10. The molecule has 1 amide bonds. The quantitative estimate of drug-likeness (QED) is 0.836. The first-order chi connectivity index (χ1) is 11.0. The Morgan fingerprint density at radius 2 is 1.83 bits per heavy atom. The van der Waals surface area contributed by atoms with Gasteiger partial charge in [-0.05, 0) is 48.7 Å². The van der Waals surface area contributed by atoms with Gasteiger partial charge in [-0.25, -0.2) is 0 Å². The standard InChI is InChI=1S/C19H22ClNO2/c1-13(2)15-7-9-18(10-8-15)23-12-14(3)21-19(22)16-5-4-6-17(20)11-16/h4-11,13-14H,12H2,1-3H3,(H,21,22)/t14-/m0/s1. The maximum absolute atomic E-state index is 12.1. The Hall–Kier alpha value is -2.00. The number of carbonyl (C=O) groups excluding carboxylic acids is 1. The molecule has 0 aliphatic carbocycles. The van der Waals surface area contributed by atoms with Crippen molar-refractivity contribution in [1.82, 2.24) is 5.32 Å². The third-order valence-electron chi connectivity index (χ3n) is 3.51. The predicted octanol–water partition coefficient (Wildman–Crippen LogP) is 4.66. The van der Waals surface area contributed by atoms with Gasteiger partial charge in [0.05, 0.1) is 6.04 Å². The van der Waals surface area contributed by atoms with Gasteiger partial charge in [-0.3, -0.25) is 4.79 Å². The van der Waals surface area contributed by atoms with Crippen LogP contribution in [0.3, 0.4) is 0 Å². The molecular formula is C19H22ClNO2. The average Bonchev–Trinajstić information content (AvgIpc) is 2.53. The van der Waals surface area contributed by atoms with Crippen LogP contribution in [0.15, 0.2) is 48.5 Å². The van der Waals surface area contributed by atoms with Crippen LogP contribution in [0.4, 0.5) is 0 Å². The lowest BCUT2D eigenvalue weighted by atomic mass is 10.0. The average molecular weight is 332 g/mol. The van der Waals surface area contributed by atoms with Gasteiger partial charge >= 0.3 is 0 Å². The lowest BCUT2D eigenvalue weighted by molar-refractivity contribution is 0.0926. The van der Waals surface area contributed by atoms with E-state index in [-0.39, 0.29) is 11.9 Å². The second-order valence-corrected chi connectivity index (χ2v) is 6.36. The Morgan fingerprint density at radius 3 is 2.43 bits per heavy atom. The summed E-state index contributed by atoms with van der Waals surface area (Å²) in [4.78, 5) is 12.1. The zero-order valence-electron chi connectivity index (χ0n) is 13.7. The third-order valence-corrected chi connectivity index (χ3v) is 3.75. The number of benzene rings is 2. The largest absolute Gasteiger partial charge is 0.491 e. The summed E-state index contributed by atoms with van der Waals surface area (Å²) in [7, 11) is 0. The summed E-state index contributed by atoms with van der Waals surface area (Å²) in [5.41, 5.74) is 1.82. The van der Waals surface area contributed by atoms with Gasteiger partial charge in [0.15, 0.2) is 0 Å². The highest BCUT2D eigenvalue weighted by Crippen LogP contribution is 2.18. The number of halogens is 1. The summed E-state index contributed by atoms with van der Waals surface area (Å²) in [6.07, 6.45) is 0. The molecule has 4 heteroatoms. The van der Waals surface area contributed by atoms with Crippen molar-refractivity contribution in [3.05, 3.63) is 64.7 Å². The van der Waals surface area contributed by atoms with Crippen LogP contribution in [0, 0.1) is 0 Å². The van der Waals surface area contributed by atoms with Gasteiger partial charge in [-0.1, -0.05) is 43.6 Å². The predicted molar refractivity (Wildman–Crippen MR) is 94.4 cm³/mol. The number of hydrogen-bond donors (Lipinski definition) is 1. The molecule has 0 spiro atoms. The molecule has 2 aromatic carbocycles. The molecule has 0 saturated carbocycles. The Labute approximate surface area is 142 Å². The van der Waals surface area contributed by atoms with E-state index in [4.69, 9.17) is 16.3 Å². The first-order valence-corrected chi connectivity index (χ1v) is 8.12. The van der Waals surface area contributed by atoms with Crippen LogP contribution in [0.5, 0.6) is 5.75 Å². The normalized spacial score (nSPS) is 12.0. The Kier molecular flexibility index (Phi) is 6.05. The Balaban J connectivity index is 1.85. The van der Waals surface area contributed by atoms with Crippen LogP contribution in [0.25, 0.3) is 0 Å². The van der Waals surface area contributed by atoms with E-state index >= 15 is 0 Å². The molecule has 1 N–H and O–H groups in total. The summed E-state index contributed by atoms with van der Waals surface area (Å²) >= 11 is 5.90. The summed E-state index contributed by atoms with van der Waals surface area (Å²) in [5.74, 6) is 1.15. The zero-order valence-corrected chi connectivity index (χ0v) is 14.4. The number of rotatable bonds is 6. The fraction of sp³-hybridized carbons (Fsp3) is 0.316. The van der Waals surface area contributed by atoms with E-state index in [1.807, 2.05) is 19.1 Å². The highest BCUT2D eigenvalue weighted by molar-refractivity contribution is 6.30. The van der Waals surface area contributed by atoms with E-state index in [9.17, 15) is 4.79 Å². The molecule has 1 atom stereocenters. The Bertz CT molecular complexity index is 653. The minimum Gasteiger partial charge on any atom is -0.491 e. The van der Waals surface area contributed by atoms with Crippen molar-refractivity contribution in [2.75, 3.05) is 6.61 Å². The van der Waals surface area contributed by atoms with Crippen LogP contribution in [0.1, 0.15) is 42.6 Å². The molecule has 2 rings (SSSR count). The van der Waals surface area contributed by atoms with Crippen molar-refractivity contribution in [3.63, 3.8) is 0 Å². The smallest absolute Gasteiger partial charge is 0.251 e. The van der Waals surface area contributed by atoms with E-state index in [0.29, 0.717) is 23.1 Å². The molecular weight excluding hydrogens is 310 g/mol. The van der Waals surface area contributed by atoms with Gasteiger partial charge in [0.2, 0.25) is 0 Å². The molecule has 0 unspecified atom stereocenters. The van der Waals surface area contributed by atoms with Crippen LogP contribution < -0.4 is 10.1 Å². The van der Waals surface area contributed by atoms with E-state index < -0.39 is 0 Å². The van der Waals surface area contributed by atoms with Crippen molar-refractivity contribution in [2.24, 2.45) is 0 Å². The molecule has 23 heavy (non-hydrogen) atoms. The van der Waals surface area contributed by atoms with E-state index in [1.54, 1.807) is 24.3 Å². The Morgan fingerprint density at radius 1 is 1.13 bits per heavy atom. The number of amides is 1. The van der Waals surface area contributed by atoms with Crippen molar-refractivity contribution in [2.45, 2.75) is 32.7 Å². The van der Waals surface area contributed by atoms with Crippen molar-refractivity contribution in [3.8, 4) is 5.75 Å². The van der Waals surface area contributed by atoms with Crippen molar-refractivity contribution >= 4 is 17.5 Å². The second kappa shape index (κ2) is 8.02.